The molecule has 4 atom stereocenters. The van der Waals surface area contributed by atoms with Crippen molar-refractivity contribution in [3.8, 4) is 22.3 Å². The number of benzene rings is 6. The molecule has 2 nitrogen and oxygen atoms in total. The molecule has 58 heavy (non-hydrogen) atoms. The highest BCUT2D eigenvalue weighted by Gasteiger charge is 2.44. The molecule has 0 aliphatic heterocycles. The number of anilines is 4. The molecule has 4 unspecified atom stereocenters. The average molecular weight is 745 g/mol. The van der Waals surface area contributed by atoms with Gasteiger partial charge in [0, 0.05) is 52.3 Å². The first kappa shape index (κ1) is 34.4. The Balaban J connectivity index is 0.929. The number of hydrogen-bond donors (Lipinski definition) is 0. The van der Waals surface area contributed by atoms with Gasteiger partial charge in [-0.15, -0.1) is 0 Å². The van der Waals surface area contributed by atoms with Crippen molar-refractivity contribution in [2.75, 3.05) is 9.80 Å². The monoisotopic (exact) mass is 744 g/mol. The van der Waals surface area contributed by atoms with Crippen LogP contribution in [0.1, 0.15) is 58.4 Å². The van der Waals surface area contributed by atoms with E-state index in [0.29, 0.717) is 23.7 Å². The molecule has 2 heteroatoms. The molecule has 0 N–H and O–H groups in total. The summed E-state index contributed by atoms with van der Waals surface area (Å²) in [7, 11) is 0. The molecular weight excluding hydrogens is 701 g/mol. The average Bonchev–Trinajstić information content (AvgIpc) is 3.80. The van der Waals surface area contributed by atoms with Crippen LogP contribution < -0.4 is 9.80 Å². The zero-order chi connectivity index (χ0) is 38.6. The molecule has 6 aromatic rings. The Hall–Kier alpha value is -6.90. The lowest BCUT2D eigenvalue weighted by Gasteiger charge is -2.37. The number of para-hydroxylation sites is 1. The van der Waals surface area contributed by atoms with Crippen molar-refractivity contribution in [1.82, 2.24) is 0 Å². The predicted molar refractivity (Wildman–Crippen MR) is 244 cm³/mol. The predicted octanol–water partition coefficient (Wildman–Crippen LogP) is 14.7. The highest BCUT2D eigenvalue weighted by Crippen LogP contribution is 2.57. The van der Waals surface area contributed by atoms with Crippen LogP contribution in [0.2, 0.25) is 0 Å². The molecule has 0 radical (unpaired) electrons. The first-order valence-corrected chi connectivity index (χ1v) is 20.7. The van der Waals surface area contributed by atoms with Gasteiger partial charge in [0.25, 0.3) is 0 Å². The number of allylic oxidation sites excluding steroid dienone is 10. The summed E-state index contributed by atoms with van der Waals surface area (Å²) in [4.78, 5) is 4.78. The molecule has 5 aliphatic rings. The van der Waals surface area contributed by atoms with Crippen molar-refractivity contribution in [1.29, 1.82) is 0 Å². The number of nitrogens with zero attached hydrogens (tertiary/aromatic N) is 2. The minimum atomic E-state index is 0.403. The maximum absolute atomic E-state index is 3.87. The summed E-state index contributed by atoms with van der Waals surface area (Å²) in [5, 5.41) is 0. The van der Waals surface area contributed by atoms with Crippen LogP contribution in [0.25, 0.3) is 28.3 Å². The summed E-state index contributed by atoms with van der Waals surface area (Å²) < 4.78 is 0. The third-order valence-electron chi connectivity index (χ3n) is 13.0. The summed E-state index contributed by atoms with van der Waals surface area (Å²) in [6, 6.07) is 51.6. The van der Waals surface area contributed by atoms with Gasteiger partial charge in [-0.2, -0.15) is 0 Å². The van der Waals surface area contributed by atoms with Gasteiger partial charge in [-0.1, -0.05) is 152 Å². The maximum atomic E-state index is 3.87. The topological polar surface area (TPSA) is 6.48 Å². The standard InChI is InChI=1S/C56H44N2/c1-2-3-4-12-37-57(53-35-33-49-45-19-10-8-17-43(45)47-21-13-23-51(53)55(47)49)40-29-25-38(26-30-40)39-27-31-42(32-28-39)58(41-15-6-5-7-16-41)54-36-34-50-46-20-11-9-18-44(46)48-22-14-24-52(54)56(48)50/h2-20,23-37,47-48,50,56H,1,21-22H2/b4-3-,37-12+. The highest BCUT2D eigenvalue weighted by molar-refractivity contribution is 5.90. The number of rotatable bonds is 9. The summed E-state index contributed by atoms with van der Waals surface area (Å²) in [6.45, 7) is 3.87. The molecule has 11 rings (SSSR count). The van der Waals surface area contributed by atoms with E-state index in [2.05, 4.69) is 205 Å². The van der Waals surface area contributed by atoms with Gasteiger partial charge in [0.15, 0.2) is 0 Å². The van der Waals surface area contributed by atoms with Gasteiger partial charge in [0.05, 0.1) is 5.69 Å². The molecule has 0 aromatic heterocycles. The van der Waals surface area contributed by atoms with E-state index < -0.39 is 0 Å². The van der Waals surface area contributed by atoms with E-state index in [1.807, 2.05) is 18.2 Å². The molecule has 0 spiro atoms. The zero-order valence-electron chi connectivity index (χ0n) is 32.5. The summed E-state index contributed by atoms with van der Waals surface area (Å²) in [5.74, 6) is 1.82. The van der Waals surface area contributed by atoms with Crippen molar-refractivity contribution in [3.63, 3.8) is 0 Å². The largest absolute Gasteiger partial charge is 0.317 e. The summed E-state index contributed by atoms with van der Waals surface area (Å²) >= 11 is 0. The highest BCUT2D eigenvalue weighted by atomic mass is 15.2. The van der Waals surface area contributed by atoms with E-state index in [9.17, 15) is 0 Å². The Bertz CT molecular complexity index is 2760. The first-order chi connectivity index (χ1) is 28.8. The molecule has 278 valence electrons. The van der Waals surface area contributed by atoms with E-state index in [0.717, 1.165) is 24.2 Å². The minimum Gasteiger partial charge on any atom is -0.317 e. The van der Waals surface area contributed by atoms with E-state index in [1.54, 1.807) is 0 Å². The van der Waals surface area contributed by atoms with Crippen LogP contribution in [0.5, 0.6) is 0 Å². The molecule has 0 amide bonds. The Labute approximate surface area is 342 Å². The molecule has 0 saturated carbocycles. The first-order valence-electron chi connectivity index (χ1n) is 20.7. The van der Waals surface area contributed by atoms with Gasteiger partial charge >= 0.3 is 0 Å². The van der Waals surface area contributed by atoms with E-state index in [1.165, 1.54) is 72.7 Å². The fraction of sp³-hybridized carbons (Fsp3) is 0.107. The van der Waals surface area contributed by atoms with Gasteiger partial charge in [-0.05, 0) is 123 Å². The van der Waals surface area contributed by atoms with Crippen LogP contribution in [-0.4, -0.2) is 0 Å². The lowest BCUT2D eigenvalue weighted by molar-refractivity contribution is 0.480. The molecule has 0 heterocycles. The summed E-state index contributed by atoms with van der Waals surface area (Å²) in [5.41, 5.74) is 19.7. The molecule has 5 aliphatic carbocycles. The smallest absolute Gasteiger partial charge is 0.0531 e. The van der Waals surface area contributed by atoms with Crippen LogP contribution in [0, 0.1) is 5.92 Å². The number of hydrogen-bond acceptors (Lipinski definition) is 2. The molecule has 0 bridgehead atoms. The SMILES string of the molecule is C=C/C=C\C=C\N(c1ccc(-c2ccc(N(C3=C4C=CCC5c6ccccc6C(C=C3)C45)c3ccccc3)cc2)cc1)c1ccc2c3c1C=CCC3c1ccccc1-2. The molecule has 0 saturated heterocycles. The van der Waals surface area contributed by atoms with Crippen LogP contribution in [0.4, 0.5) is 22.7 Å². The van der Waals surface area contributed by atoms with Gasteiger partial charge in [0.1, 0.15) is 0 Å². The third kappa shape index (κ3) is 5.55. The zero-order valence-corrected chi connectivity index (χ0v) is 32.5. The van der Waals surface area contributed by atoms with Crippen LogP contribution in [-0.2, 0) is 0 Å². The molecular formula is C56H44N2. The van der Waals surface area contributed by atoms with Crippen LogP contribution in [0.3, 0.4) is 0 Å². The second kappa shape index (κ2) is 14.2. The van der Waals surface area contributed by atoms with Crippen molar-refractivity contribution in [2.24, 2.45) is 5.92 Å². The Morgan fingerprint density at radius 1 is 0.552 bits per heavy atom. The summed E-state index contributed by atoms with van der Waals surface area (Å²) in [6.07, 6.45) is 26.6. The molecule has 6 aromatic carbocycles. The van der Waals surface area contributed by atoms with Gasteiger partial charge in [0.2, 0.25) is 0 Å². The van der Waals surface area contributed by atoms with Crippen LogP contribution >= 0.6 is 0 Å². The lowest BCUT2D eigenvalue weighted by atomic mass is 9.73. The third-order valence-corrected chi connectivity index (χ3v) is 13.0. The fourth-order valence-corrected chi connectivity index (χ4v) is 10.5. The van der Waals surface area contributed by atoms with E-state index >= 15 is 0 Å². The van der Waals surface area contributed by atoms with Crippen molar-refractivity contribution in [2.45, 2.75) is 30.6 Å². The normalized spacial score (nSPS) is 20.3. The Morgan fingerprint density at radius 2 is 1.24 bits per heavy atom. The van der Waals surface area contributed by atoms with E-state index in [-0.39, 0.29) is 0 Å². The quantitative estimate of drug-likeness (QED) is 0.136. The van der Waals surface area contributed by atoms with Crippen molar-refractivity contribution >= 4 is 28.8 Å². The molecule has 0 fully saturated rings. The van der Waals surface area contributed by atoms with Gasteiger partial charge in [-0.25, -0.2) is 0 Å². The fourth-order valence-electron chi connectivity index (χ4n) is 10.5. The second-order valence-electron chi connectivity index (χ2n) is 16.0. The number of fused-ring (bicyclic) bond motifs is 6. The lowest BCUT2D eigenvalue weighted by Crippen LogP contribution is -2.26. The Kier molecular flexibility index (Phi) is 8.43. The second-order valence-corrected chi connectivity index (χ2v) is 16.0. The van der Waals surface area contributed by atoms with Gasteiger partial charge in [-0.3, -0.25) is 0 Å². The van der Waals surface area contributed by atoms with Crippen LogP contribution in [0.15, 0.2) is 218 Å². The van der Waals surface area contributed by atoms with Gasteiger partial charge < -0.3 is 9.80 Å². The Morgan fingerprint density at radius 3 is 2.03 bits per heavy atom. The van der Waals surface area contributed by atoms with Crippen molar-refractivity contribution in [3.05, 3.63) is 246 Å². The van der Waals surface area contributed by atoms with Crippen molar-refractivity contribution < 1.29 is 0 Å². The van der Waals surface area contributed by atoms with E-state index in [4.69, 9.17) is 0 Å². The minimum absolute atomic E-state index is 0.403. The maximum Gasteiger partial charge on any atom is 0.0531 e.